The lowest BCUT2D eigenvalue weighted by Crippen LogP contribution is -2.26. The summed E-state index contributed by atoms with van der Waals surface area (Å²) in [4.78, 5) is 26.0. The van der Waals surface area contributed by atoms with Crippen molar-refractivity contribution >= 4 is 11.8 Å². The molecule has 5 heteroatoms. The molecular weight excluding hydrogens is 544 g/mol. The fourth-order valence-corrected chi connectivity index (χ4v) is 5.68. The second kappa shape index (κ2) is 29.7. The maximum Gasteiger partial charge on any atom is 0.255 e. The number of ether oxygens (including phenoxy) is 1. The molecule has 0 fully saturated rings. The zero-order valence-corrected chi connectivity index (χ0v) is 29.3. The smallest absolute Gasteiger partial charge is 0.255 e. The van der Waals surface area contributed by atoms with E-state index in [1.807, 2.05) is 0 Å². The van der Waals surface area contributed by atoms with Crippen molar-refractivity contribution < 1.29 is 14.3 Å². The summed E-state index contributed by atoms with van der Waals surface area (Å²) in [6.45, 7) is 8.67. The summed E-state index contributed by atoms with van der Waals surface area (Å²) in [6, 6.07) is 5.29. The Balaban J connectivity index is 2.54. The first kappa shape index (κ1) is 40.0. The highest BCUT2D eigenvalue weighted by Gasteiger charge is 2.16. The molecule has 1 rings (SSSR count). The van der Waals surface area contributed by atoms with Crippen LogP contribution in [0.2, 0.25) is 0 Å². The molecule has 0 aliphatic carbocycles. The lowest BCUT2D eigenvalue weighted by atomic mass is 10.1. The molecule has 44 heavy (non-hydrogen) atoms. The predicted octanol–water partition coefficient (Wildman–Crippen LogP) is 11.3. The van der Waals surface area contributed by atoms with Gasteiger partial charge in [0.1, 0.15) is 5.75 Å². The van der Waals surface area contributed by atoms with Crippen molar-refractivity contribution in [2.45, 2.75) is 181 Å². The van der Waals surface area contributed by atoms with Crippen molar-refractivity contribution in [3.05, 3.63) is 29.3 Å². The van der Waals surface area contributed by atoms with Gasteiger partial charge in [-0.2, -0.15) is 0 Å². The average molecular weight is 615 g/mol. The van der Waals surface area contributed by atoms with Gasteiger partial charge in [-0.05, 0) is 37.5 Å². The molecule has 0 unspecified atom stereocenters. The molecule has 0 bridgehead atoms. The number of benzene rings is 1. The minimum Gasteiger partial charge on any atom is -0.493 e. The molecule has 5 nitrogen and oxygen atoms in total. The Bertz CT molecular complexity index is 826. The van der Waals surface area contributed by atoms with Gasteiger partial charge in [0.25, 0.3) is 11.8 Å². The summed E-state index contributed by atoms with van der Waals surface area (Å²) in [7, 11) is 0. The van der Waals surface area contributed by atoms with E-state index in [0.29, 0.717) is 36.6 Å². The van der Waals surface area contributed by atoms with Gasteiger partial charge in [0.05, 0.1) is 12.2 Å². The van der Waals surface area contributed by atoms with Gasteiger partial charge < -0.3 is 15.4 Å². The van der Waals surface area contributed by atoms with E-state index >= 15 is 0 Å². The van der Waals surface area contributed by atoms with E-state index in [-0.39, 0.29) is 11.8 Å². The van der Waals surface area contributed by atoms with Crippen LogP contribution in [0.4, 0.5) is 0 Å². The molecule has 254 valence electrons. The van der Waals surface area contributed by atoms with E-state index in [4.69, 9.17) is 4.74 Å². The molecular formula is C39H70N2O3. The Morgan fingerprint density at radius 1 is 0.500 bits per heavy atom. The van der Waals surface area contributed by atoms with E-state index in [9.17, 15) is 9.59 Å². The number of amides is 2. The molecule has 0 spiro atoms. The largest absolute Gasteiger partial charge is 0.493 e. The predicted molar refractivity (Wildman–Crippen MR) is 189 cm³/mol. The van der Waals surface area contributed by atoms with Crippen molar-refractivity contribution in [2.24, 2.45) is 0 Å². The molecule has 0 aromatic heterocycles. The Hall–Kier alpha value is -2.04. The van der Waals surface area contributed by atoms with Gasteiger partial charge in [0.2, 0.25) is 0 Å². The van der Waals surface area contributed by atoms with Gasteiger partial charge in [-0.1, -0.05) is 162 Å². The van der Waals surface area contributed by atoms with E-state index in [0.717, 1.165) is 38.5 Å². The first-order valence-electron chi connectivity index (χ1n) is 19.0. The van der Waals surface area contributed by atoms with Crippen LogP contribution >= 0.6 is 0 Å². The Morgan fingerprint density at radius 2 is 0.886 bits per heavy atom. The van der Waals surface area contributed by atoms with Gasteiger partial charge in [-0.3, -0.25) is 9.59 Å². The van der Waals surface area contributed by atoms with Crippen LogP contribution in [0, 0.1) is 0 Å². The molecule has 0 saturated carbocycles. The third-order valence-electron chi connectivity index (χ3n) is 8.63. The number of rotatable bonds is 31. The third-order valence-corrected chi connectivity index (χ3v) is 8.63. The van der Waals surface area contributed by atoms with Gasteiger partial charge in [0.15, 0.2) is 0 Å². The Kier molecular flexibility index (Phi) is 27.0. The molecule has 0 atom stereocenters. The summed E-state index contributed by atoms with van der Waals surface area (Å²) < 4.78 is 6.16. The molecule has 1 aromatic carbocycles. The van der Waals surface area contributed by atoms with E-state index < -0.39 is 0 Å². The molecule has 1 aromatic rings. The Labute approximate surface area is 272 Å². The number of nitrogens with one attached hydrogen (secondary N) is 2. The monoisotopic (exact) mass is 615 g/mol. The number of hydrogen-bond acceptors (Lipinski definition) is 3. The summed E-state index contributed by atoms with van der Waals surface area (Å²) in [5, 5.41) is 6.16. The van der Waals surface area contributed by atoms with Crippen molar-refractivity contribution in [2.75, 3.05) is 19.7 Å². The third kappa shape index (κ3) is 21.6. The van der Waals surface area contributed by atoms with E-state index in [1.165, 1.54) is 122 Å². The highest BCUT2D eigenvalue weighted by Crippen LogP contribution is 2.22. The zero-order valence-electron chi connectivity index (χ0n) is 29.3. The van der Waals surface area contributed by atoms with Crippen LogP contribution in [0.1, 0.15) is 202 Å². The first-order chi connectivity index (χ1) is 21.6. The first-order valence-corrected chi connectivity index (χ1v) is 19.0. The summed E-state index contributed by atoms with van der Waals surface area (Å²) in [6.07, 6.45) is 31.1. The highest BCUT2D eigenvalue weighted by molar-refractivity contribution is 6.00. The number of carbonyl (C=O) groups excluding carboxylic acids is 2. The Morgan fingerprint density at radius 3 is 1.34 bits per heavy atom. The van der Waals surface area contributed by atoms with Crippen molar-refractivity contribution in [3.8, 4) is 5.75 Å². The van der Waals surface area contributed by atoms with Gasteiger partial charge >= 0.3 is 0 Å². The molecule has 2 N–H and O–H groups in total. The number of carbonyl (C=O) groups is 2. The lowest BCUT2D eigenvalue weighted by Gasteiger charge is -2.14. The molecule has 0 aliphatic heterocycles. The van der Waals surface area contributed by atoms with Crippen LogP contribution in [0.15, 0.2) is 18.2 Å². The van der Waals surface area contributed by atoms with Gasteiger partial charge in [-0.25, -0.2) is 0 Å². The van der Waals surface area contributed by atoms with Crippen molar-refractivity contribution in [1.29, 1.82) is 0 Å². The molecule has 0 aliphatic rings. The number of unbranched alkanes of at least 4 members (excludes halogenated alkanes) is 22. The van der Waals surface area contributed by atoms with Crippen LogP contribution in [0.3, 0.4) is 0 Å². The van der Waals surface area contributed by atoms with E-state index in [1.54, 1.807) is 18.2 Å². The second-order valence-electron chi connectivity index (χ2n) is 12.8. The molecule has 0 radical (unpaired) electrons. The maximum atomic E-state index is 13.1. The standard InChI is InChI=1S/C39H70N2O3/c1-4-7-10-13-16-19-22-25-28-33-44-37-34-35(38(42)40-31-26-23-20-17-14-11-8-5-2)29-30-36(37)39(43)41-32-27-24-21-18-15-12-9-6-3/h29-30,34H,4-28,31-33H2,1-3H3,(H,40,42)(H,41,43). The molecule has 0 saturated heterocycles. The minimum absolute atomic E-state index is 0.0910. The second-order valence-corrected chi connectivity index (χ2v) is 12.8. The maximum absolute atomic E-state index is 13.1. The average Bonchev–Trinajstić information content (AvgIpc) is 3.03. The number of hydrogen-bond donors (Lipinski definition) is 2. The van der Waals surface area contributed by atoms with Crippen LogP contribution in [-0.4, -0.2) is 31.5 Å². The SMILES string of the molecule is CCCCCCCCCCCOc1cc(C(=O)NCCCCCCCCCC)ccc1C(=O)NCCCCCCCCCC. The van der Waals surface area contributed by atoms with E-state index in [2.05, 4.69) is 31.4 Å². The summed E-state index contributed by atoms with van der Waals surface area (Å²) in [5.41, 5.74) is 1.09. The molecule has 0 heterocycles. The van der Waals surface area contributed by atoms with Crippen molar-refractivity contribution in [3.63, 3.8) is 0 Å². The highest BCUT2D eigenvalue weighted by atomic mass is 16.5. The fourth-order valence-electron chi connectivity index (χ4n) is 5.68. The minimum atomic E-state index is -0.110. The molecule has 2 amide bonds. The quantitative estimate of drug-likeness (QED) is 0.0818. The van der Waals surface area contributed by atoms with Crippen LogP contribution < -0.4 is 15.4 Å². The van der Waals surface area contributed by atoms with Gasteiger partial charge in [0, 0.05) is 18.7 Å². The van der Waals surface area contributed by atoms with Crippen LogP contribution in [0.5, 0.6) is 5.75 Å². The van der Waals surface area contributed by atoms with Crippen molar-refractivity contribution in [1.82, 2.24) is 10.6 Å². The summed E-state index contributed by atoms with van der Waals surface area (Å²) in [5.74, 6) is 0.324. The zero-order chi connectivity index (χ0) is 31.9. The summed E-state index contributed by atoms with van der Waals surface area (Å²) >= 11 is 0. The fraction of sp³-hybridized carbons (Fsp3) is 0.795. The van der Waals surface area contributed by atoms with Gasteiger partial charge in [-0.15, -0.1) is 0 Å². The topological polar surface area (TPSA) is 67.4 Å². The lowest BCUT2D eigenvalue weighted by molar-refractivity contribution is 0.0937. The van der Waals surface area contributed by atoms with Crippen LogP contribution in [-0.2, 0) is 0 Å². The normalized spacial score (nSPS) is 11.1. The van der Waals surface area contributed by atoms with Crippen LogP contribution in [0.25, 0.3) is 0 Å².